The second-order valence-corrected chi connectivity index (χ2v) is 3.73. The van der Waals surface area contributed by atoms with Crippen molar-refractivity contribution >= 4 is 6.29 Å². The summed E-state index contributed by atoms with van der Waals surface area (Å²) in [6.45, 7) is -0.0210. The second-order valence-electron chi connectivity index (χ2n) is 3.73. The molecular weight excluding hydrogens is 247 g/mol. The summed E-state index contributed by atoms with van der Waals surface area (Å²) >= 11 is 0. The van der Waals surface area contributed by atoms with E-state index in [0.717, 1.165) is 6.07 Å². The van der Waals surface area contributed by atoms with E-state index in [-0.39, 0.29) is 23.7 Å². The summed E-state index contributed by atoms with van der Waals surface area (Å²) in [4.78, 5) is 14.5. The quantitative estimate of drug-likeness (QED) is 0.788. The van der Waals surface area contributed by atoms with Crippen molar-refractivity contribution in [2.45, 2.75) is 6.61 Å². The number of halogens is 1. The first kappa shape index (κ1) is 12.7. The van der Waals surface area contributed by atoms with Gasteiger partial charge in [0.05, 0.1) is 11.6 Å². The van der Waals surface area contributed by atoms with E-state index in [2.05, 4.69) is 4.98 Å². The topological polar surface area (TPSA) is 63.0 Å². The highest BCUT2D eigenvalue weighted by Gasteiger charge is 2.05. The number of carbonyl (C=O) groups excluding carboxylic acids is 1. The van der Waals surface area contributed by atoms with Gasteiger partial charge >= 0.3 is 0 Å². The highest BCUT2D eigenvalue weighted by molar-refractivity contribution is 5.71. The van der Waals surface area contributed by atoms with Crippen LogP contribution in [-0.2, 0) is 6.61 Å². The van der Waals surface area contributed by atoms with Crippen molar-refractivity contribution in [2.24, 2.45) is 0 Å². The number of aromatic nitrogens is 1. The summed E-state index contributed by atoms with van der Waals surface area (Å²) < 4.78 is 18.9. The van der Waals surface area contributed by atoms with E-state index >= 15 is 0 Å². The van der Waals surface area contributed by atoms with E-state index in [9.17, 15) is 9.18 Å². The van der Waals surface area contributed by atoms with Gasteiger partial charge in [-0.2, -0.15) is 5.26 Å². The fraction of sp³-hybridized carbons (Fsp3) is 0.0714. The molecular formula is C14H9FN2O2. The first-order valence-electron chi connectivity index (χ1n) is 5.46. The minimum atomic E-state index is -0.509. The van der Waals surface area contributed by atoms with Crippen molar-refractivity contribution < 1.29 is 13.9 Å². The van der Waals surface area contributed by atoms with Crippen LogP contribution in [0.25, 0.3) is 0 Å². The summed E-state index contributed by atoms with van der Waals surface area (Å²) in [6.07, 6.45) is 0.606. The van der Waals surface area contributed by atoms with Crippen LogP contribution in [0.4, 0.5) is 4.39 Å². The van der Waals surface area contributed by atoms with Gasteiger partial charge in [0.1, 0.15) is 18.1 Å². The Balaban J connectivity index is 2.10. The predicted octanol–water partition coefficient (Wildman–Crippen LogP) is 2.48. The molecule has 0 bridgehead atoms. The van der Waals surface area contributed by atoms with E-state index in [1.165, 1.54) is 12.1 Å². The van der Waals surface area contributed by atoms with E-state index in [4.69, 9.17) is 10.00 Å². The molecule has 0 aliphatic heterocycles. The Morgan fingerprint density at radius 1 is 1.37 bits per heavy atom. The van der Waals surface area contributed by atoms with Gasteiger partial charge in [-0.15, -0.1) is 0 Å². The van der Waals surface area contributed by atoms with Crippen LogP contribution in [0.15, 0.2) is 36.4 Å². The largest absolute Gasteiger partial charge is 0.473 e. The van der Waals surface area contributed by atoms with E-state index in [1.807, 2.05) is 6.07 Å². The molecule has 0 spiro atoms. The van der Waals surface area contributed by atoms with E-state index in [1.54, 1.807) is 18.2 Å². The lowest BCUT2D eigenvalue weighted by Gasteiger charge is -2.06. The standard InChI is InChI=1S/C14H9FN2O2/c15-13-6-10(7-16)4-5-11(13)9-19-14-3-1-2-12(8-18)17-14/h1-6,8H,9H2. The van der Waals surface area contributed by atoms with Gasteiger partial charge in [0.25, 0.3) is 0 Å². The predicted molar refractivity (Wildman–Crippen MR) is 65.1 cm³/mol. The van der Waals surface area contributed by atoms with E-state index < -0.39 is 5.82 Å². The fourth-order valence-electron chi connectivity index (χ4n) is 1.46. The van der Waals surface area contributed by atoms with Crippen LogP contribution in [0.2, 0.25) is 0 Å². The number of ether oxygens (including phenoxy) is 1. The lowest BCUT2D eigenvalue weighted by atomic mass is 10.1. The number of carbonyl (C=O) groups is 1. The average Bonchev–Trinajstić information content (AvgIpc) is 2.46. The summed E-state index contributed by atoms with van der Waals surface area (Å²) in [7, 11) is 0. The van der Waals surface area contributed by atoms with Crippen LogP contribution in [0.5, 0.6) is 5.88 Å². The molecule has 0 unspecified atom stereocenters. The Morgan fingerprint density at radius 2 is 2.21 bits per heavy atom. The maximum Gasteiger partial charge on any atom is 0.214 e. The molecule has 1 aromatic carbocycles. The van der Waals surface area contributed by atoms with Crippen molar-refractivity contribution in [1.82, 2.24) is 4.98 Å². The number of rotatable bonds is 4. The van der Waals surface area contributed by atoms with Crippen LogP contribution in [0.3, 0.4) is 0 Å². The molecule has 5 heteroatoms. The van der Waals surface area contributed by atoms with E-state index in [0.29, 0.717) is 11.8 Å². The first-order valence-corrected chi connectivity index (χ1v) is 5.46. The number of benzene rings is 1. The first-order chi connectivity index (χ1) is 9.22. The zero-order chi connectivity index (χ0) is 13.7. The summed E-state index contributed by atoms with van der Waals surface area (Å²) in [5, 5.41) is 8.63. The lowest BCUT2D eigenvalue weighted by Crippen LogP contribution is -2.01. The number of aldehydes is 1. The molecule has 4 nitrogen and oxygen atoms in total. The Labute approximate surface area is 109 Å². The van der Waals surface area contributed by atoms with Crippen LogP contribution in [0.1, 0.15) is 21.6 Å². The van der Waals surface area contributed by atoms with Crippen LogP contribution < -0.4 is 4.74 Å². The highest BCUT2D eigenvalue weighted by Crippen LogP contribution is 2.14. The zero-order valence-electron chi connectivity index (χ0n) is 9.84. The summed E-state index contributed by atoms with van der Waals surface area (Å²) in [6, 6.07) is 10.7. The number of hydrogen-bond donors (Lipinski definition) is 0. The van der Waals surface area contributed by atoms with Gasteiger partial charge in [-0.1, -0.05) is 12.1 Å². The molecule has 0 saturated carbocycles. The number of hydrogen-bond acceptors (Lipinski definition) is 4. The van der Waals surface area contributed by atoms with Crippen LogP contribution >= 0.6 is 0 Å². The maximum atomic E-state index is 13.6. The third-order valence-corrected chi connectivity index (χ3v) is 2.42. The molecule has 0 N–H and O–H groups in total. The molecule has 0 saturated heterocycles. The molecule has 19 heavy (non-hydrogen) atoms. The van der Waals surface area contributed by atoms with Gasteiger partial charge in [0, 0.05) is 11.6 Å². The molecule has 0 amide bonds. The molecule has 0 radical (unpaired) electrons. The summed E-state index contributed by atoms with van der Waals surface area (Å²) in [5.41, 5.74) is 0.817. The van der Waals surface area contributed by atoms with Gasteiger partial charge < -0.3 is 4.74 Å². The highest BCUT2D eigenvalue weighted by atomic mass is 19.1. The number of pyridine rings is 1. The van der Waals surface area contributed by atoms with Gasteiger partial charge in [-0.25, -0.2) is 9.37 Å². The number of nitriles is 1. The molecule has 0 aliphatic carbocycles. The molecule has 1 heterocycles. The lowest BCUT2D eigenvalue weighted by molar-refractivity contribution is 0.111. The van der Waals surface area contributed by atoms with Gasteiger partial charge in [-0.3, -0.25) is 4.79 Å². The molecule has 2 aromatic rings. The van der Waals surface area contributed by atoms with Crippen LogP contribution in [-0.4, -0.2) is 11.3 Å². The Bertz CT molecular complexity index is 650. The Morgan fingerprint density at radius 3 is 2.89 bits per heavy atom. The Hall–Kier alpha value is -2.74. The van der Waals surface area contributed by atoms with Gasteiger partial charge in [0.2, 0.25) is 5.88 Å². The fourth-order valence-corrected chi connectivity index (χ4v) is 1.46. The molecule has 0 fully saturated rings. The Kier molecular flexibility index (Phi) is 3.84. The minimum absolute atomic E-state index is 0.0210. The number of nitrogens with zero attached hydrogens (tertiary/aromatic N) is 2. The van der Waals surface area contributed by atoms with Gasteiger partial charge in [-0.05, 0) is 18.2 Å². The van der Waals surface area contributed by atoms with Gasteiger partial charge in [0.15, 0.2) is 6.29 Å². The summed E-state index contributed by atoms with van der Waals surface area (Å²) in [5.74, 6) is -0.265. The smallest absolute Gasteiger partial charge is 0.214 e. The van der Waals surface area contributed by atoms with Crippen LogP contribution in [0, 0.1) is 17.1 Å². The van der Waals surface area contributed by atoms with Crippen molar-refractivity contribution in [1.29, 1.82) is 5.26 Å². The zero-order valence-corrected chi connectivity index (χ0v) is 9.84. The van der Waals surface area contributed by atoms with Crippen molar-refractivity contribution in [3.8, 4) is 11.9 Å². The van der Waals surface area contributed by atoms with Crippen molar-refractivity contribution in [3.63, 3.8) is 0 Å². The van der Waals surface area contributed by atoms with Crippen molar-refractivity contribution in [2.75, 3.05) is 0 Å². The molecule has 0 atom stereocenters. The third-order valence-electron chi connectivity index (χ3n) is 2.42. The third kappa shape index (κ3) is 3.13. The molecule has 0 aliphatic rings. The normalized spacial score (nSPS) is 9.68. The second kappa shape index (κ2) is 5.74. The SMILES string of the molecule is N#Cc1ccc(COc2cccc(C=O)n2)c(F)c1. The molecule has 2 rings (SSSR count). The minimum Gasteiger partial charge on any atom is -0.473 e. The average molecular weight is 256 g/mol. The molecule has 1 aromatic heterocycles. The van der Waals surface area contributed by atoms with Crippen molar-refractivity contribution in [3.05, 3.63) is 59.0 Å². The monoisotopic (exact) mass is 256 g/mol. The molecule has 94 valence electrons. The maximum absolute atomic E-state index is 13.6.